The third-order valence-corrected chi connectivity index (χ3v) is 5.69. The number of hydrogen-bond donors (Lipinski definition) is 2. The van der Waals surface area contributed by atoms with Crippen LogP contribution in [0.2, 0.25) is 0 Å². The summed E-state index contributed by atoms with van der Waals surface area (Å²) in [6.45, 7) is 2.10. The van der Waals surface area contributed by atoms with Gasteiger partial charge in [0.25, 0.3) is 0 Å². The van der Waals surface area contributed by atoms with Gasteiger partial charge < -0.3 is 20.4 Å². The van der Waals surface area contributed by atoms with Crippen LogP contribution in [-0.4, -0.2) is 51.1 Å². The maximum absolute atomic E-state index is 12.5. The lowest BCUT2D eigenvalue weighted by atomic mass is 10.2. The topological polar surface area (TPSA) is 72.9 Å². The fraction of sp³-hybridized carbons (Fsp3) is 0.450. The van der Waals surface area contributed by atoms with Crippen LogP contribution in [0.25, 0.3) is 0 Å². The Labute approximate surface area is 170 Å². The summed E-state index contributed by atoms with van der Waals surface area (Å²) < 4.78 is 0. The van der Waals surface area contributed by atoms with E-state index < -0.39 is 0 Å². The molecule has 1 aromatic carbocycles. The van der Waals surface area contributed by atoms with Crippen molar-refractivity contribution < 1.29 is 4.79 Å². The smallest absolute Gasteiger partial charge is 0.227 e. The lowest BCUT2D eigenvalue weighted by Crippen LogP contribution is -2.38. The number of hydrogen-bond acceptors (Lipinski definition) is 5. The average molecular weight is 401 g/mol. The van der Waals surface area contributed by atoms with E-state index in [4.69, 9.17) is 0 Å². The van der Waals surface area contributed by atoms with Crippen LogP contribution in [0.15, 0.2) is 34.6 Å². The molecular formula is C20H28N6OS. The molecule has 2 N–H and O–H groups in total. The highest BCUT2D eigenvalue weighted by Crippen LogP contribution is 2.27. The maximum atomic E-state index is 12.5. The molecule has 7 nitrogen and oxygen atoms in total. The Morgan fingerprint density at radius 2 is 2.14 bits per heavy atom. The molecule has 0 bridgehead atoms. The predicted molar refractivity (Wildman–Crippen MR) is 116 cm³/mol. The molecule has 2 heterocycles. The van der Waals surface area contributed by atoms with Gasteiger partial charge in [0.2, 0.25) is 5.91 Å². The summed E-state index contributed by atoms with van der Waals surface area (Å²) in [4.78, 5) is 25.2. The molecule has 2 aromatic rings. The van der Waals surface area contributed by atoms with E-state index in [0.29, 0.717) is 19.5 Å². The molecule has 8 heteroatoms. The summed E-state index contributed by atoms with van der Waals surface area (Å²) in [6.07, 6.45) is 2.24. The first kappa shape index (κ1) is 20.1. The summed E-state index contributed by atoms with van der Waals surface area (Å²) in [5.41, 5.74) is 3.32. The SMILES string of the molecule is CN=C(NCCCC(=O)N1CCc2ccccc21)NCc1csc(N(C)C)n1. The van der Waals surface area contributed by atoms with E-state index in [1.54, 1.807) is 18.4 Å². The maximum Gasteiger partial charge on any atom is 0.227 e. The number of para-hydroxylation sites is 1. The number of carbonyl (C=O) groups is 1. The molecule has 0 atom stereocenters. The highest BCUT2D eigenvalue weighted by Gasteiger charge is 2.23. The third-order valence-electron chi connectivity index (χ3n) is 4.63. The van der Waals surface area contributed by atoms with Crippen LogP contribution >= 0.6 is 11.3 Å². The quantitative estimate of drug-likeness (QED) is 0.424. The molecule has 0 aliphatic carbocycles. The number of aromatic nitrogens is 1. The van der Waals surface area contributed by atoms with Gasteiger partial charge in [0.05, 0.1) is 12.2 Å². The Kier molecular flexibility index (Phi) is 6.86. The molecule has 0 spiro atoms. The predicted octanol–water partition coefficient (Wildman–Crippen LogP) is 2.24. The molecular weight excluding hydrogens is 372 g/mol. The number of thiazole rings is 1. The van der Waals surface area contributed by atoms with Crippen molar-refractivity contribution in [3.05, 3.63) is 40.9 Å². The summed E-state index contributed by atoms with van der Waals surface area (Å²) in [6, 6.07) is 8.15. The number of anilines is 2. The summed E-state index contributed by atoms with van der Waals surface area (Å²) in [5, 5.41) is 9.56. The molecule has 1 aliphatic rings. The lowest BCUT2D eigenvalue weighted by Gasteiger charge is -2.17. The average Bonchev–Trinajstić information content (AvgIpc) is 3.34. The van der Waals surface area contributed by atoms with E-state index in [-0.39, 0.29) is 5.91 Å². The second-order valence-corrected chi connectivity index (χ2v) is 7.73. The van der Waals surface area contributed by atoms with Crippen LogP contribution in [0.5, 0.6) is 0 Å². The van der Waals surface area contributed by atoms with E-state index in [1.807, 2.05) is 47.5 Å². The summed E-state index contributed by atoms with van der Waals surface area (Å²) in [7, 11) is 5.71. The van der Waals surface area contributed by atoms with Gasteiger partial charge >= 0.3 is 0 Å². The van der Waals surface area contributed by atoms with Crippen molar-refractivity contribution in [3.63, 3.8) is 0 Å². The fourth-order valence-corrected chi connectivity index (χ4v) is 3.91. The van der Waals surface area contributed by atoms with Crippen molar-refractivity contribution in [1.29, 1.82) is 0 Å². The van der Waals surface area contributed by atoms with E-state index in [2.05, 4.69) is 26.7 Å². The number of guanidine groups is 1. The molecule has 0 saturated carbocycles. The Hall–Kier alpha value is -2.61. The zero-order chi connectivity index (χ0) is 19.9. The highest BCUT2D eigenvalue weighted by atomic mass is 32.1. The second-order valence-electron chi connectivity index (χ2n) is 6.90. The molecule has 1 aromatic heterocycles. The van der Waals surface area contributed by atoms with Crippen LogP contribution in [0.4, 0.5) is 10.8 Å². The van der Waals surface area contributed by atoms with Crippen LogP contribution in [0.1, 0.15) is 24.1 Å². The first-order chi connectivity index (χ1) is 13.6. The standard InChI is InChI=1S/C20H28N6OS/c1-21-19(23-13-16-14-28-20(24-16)25(2)3)22-11-6-9-18(27)26-12-10-15-7-4-5-8-17(15)26/h4-5,7-8,14H,6,9-13H2,1-3H3,(H2,21,22,23). The molecule has 0 fully saturated rings. The van der Waals surface area contributed by atoms with Crippen molar-refractivity contribution in [1.82, 2.24) is 15.6 Å². The van der Waals surface area contributed by atoms with Gasteiger partial charge in [-0.05, 0) is 24.5 Å². The molecule has 3 rings (SSSR count). The van der Waals surface area contributed by atoms with Crippen molar-refractivity contribution in [2.24, 2.45) is 4.99 Å². The Bertz CT molecular complexity index is 832. The molecule has 28 heavy (non-hydrogen) atoms. The Morgan fingerprint density at radius 3 is 2.89 bits per heavy atom. The molecule has 0 radical (unpaired) electrons. The number of amides is 1. The van der Waals surface area contributed by atoms with Crippen molar-refractivity contribution >= 4 is 34.0 Å². The Balaban J connectivity index is 1.38. The molecule has 150 valence electrons. The van der Waals surface area contributed by atoms with Crippen LogP contribution in [-0.2, 0) is 17.8 Å². The minimum atomic E-state index is 0.188. The van der Waals surface area contributed by atoms with Gasteiger partial charge in [0, 0.05) is 51.7 Å². The number of rotatable bonds is 7. The van der Waals surface area contributed by atoms with E-state index >= 15 is 0 Å². The highest BCUT2D eigenvalue weighted by molar-refractivity contribution is 7.13. The Morgan fingerprint density at radius 1 is 1.32 bits per heavy atom. The van der Waals surface area contributed by atoms with Gasteiger partial charge in [-0.15, -0.1) is 11.3 Å². The first-order valence-electron chi connectivity index (χ1n) is 9.53. The minimum absolute atomic E-state index is 0.188. The number of fused-ring (bicyclic) bond motifs is 1. The zero-order valence-corrected chi connectivity index (χ0v) is 17.6. The fourth-order valence-electron chi connectivity index (χ4n) is 3.16. The largest absolute Gasteiger partial charge is 0.356 e. The van der Waals surface area contributed by atoms with E-state index in [0.717, 1.165) is 41.9 Å². The number of carbonyl (C=O) groups excluding carboxylic acids is 1. The van der Waals surface area contributed by atoms with Crippen molar-refractivity contribution in [2.45, 2.75) is 25.8 Å². The molecule has 0 unspecified atom stereocenters. The number of nitrogens with one attached hydrogen (secondary N) is 2. The summed E-state index contributed by atoms with van der Waals surface area (Å²) >= 11 is 1.62. The van der Waals surface area contributed by atoms with Gasteiger partial charge in [-0.2, -0.15) is 0 Å². The van der Waals surface area contributed by atoms with Crippen LogP contribution in [0, 0.1) is 0 Å². The van der Waals surface area contributed by atoms with Crippen molar-refractivity contribution in [2.75, 3.05) is 44.0 Å². The number of benzene rings is 1. The first-order valence-corrected chi connectivity index (χ1v) is 10.4. The van der Waals surface area contributed by atoms with Crippen molar-refractivity contribution in [3.8, 4) is 0 Å². The van der Waals surface area contributed by atoms with E-state index in [9.17, 15) is 4.79 Å². The third kappa shape index (κ3) is 5.01. The van der Waals surface area contributed by atoms with Gasteiger partial charge in [-0.25, -0.2) is 4.98 Å². The summed E-state index contributed by atoms with van der Waals surface area (Å²) in [5.74, 6) is 0.909. The van der Waals surface area contributed by atoms with Gasteiger partial charge in [-0.1, -0.05) is 18.2 Å². The molecule has 0 saturated heterocycles. The normalized spacial score (nSPS) is 13.4. The van der Waals surface area contributed by atoms with Crippen LogP contribution in [0.3, 0.4) is 0 Å². The molecule has 1 amide bonds. The monoisotopic (exact) mass is 400 g/mol. The second kappa shape index (κ2) is 9.54. The van der Waals surface area contributed by atoms with Gasteiger partial charge in [-0.3, -0.25) is 9.79 Å². The van der Waals surface area contributed by atoms with Gasteiger partial charge in [0.15, 0.2) is 11.1 Å². The lowest BCUT2D eigenvalue weighted by molar-refractivity contribution is -0.118. The van der Waals surface area contributed by atoms with Gasteiger partial charge in [0.1, 0.15) is 0 Å². The van der Waals surface area contributed by atoms with Crippen LogP contribution < -0.4 is 20.4 Å². The number of aliphatic imine (C=N–C) groups is 1. The minimum Gasteiger partial charge on any atom is -0.356 e. The molecule has 1 aliphatic heterocycles. The zero-order valence-electron chi connectivity index (χ0n) is 16.7. The number of nitrogens with zero attached hydrogens (tertiary/aromatic N) is 4. The van der Waals surface area contributed by atoms with E-state index in [1.165, 1.54) is 5.56 Å².